The summed E-state index contributed by atoms with van der Waals surface area (Å²) in [6, 6.07) is 0. The van der Waals surface area contributed by atoms with Crippen LogP contribution < -0.4 is 0 Å². The van der Waals surface area contributed by atoms with Gasteiger partial charge in [0.15, 0.2) is 0 Å². The van der Waals surface area contributed by atoms with Gasteiger partial charge in [-0.05, 0) is 0 Å². The molecule has 0 rings (SSSR count). The fourth-order valence-corrected chi connectivity index (χ4v) is 16.0. The predicted octanol–water partition coefficient (Wildman–Crippen LogP) is 7.02. The van der Waals surface area contributed by atoms with Crippen LogP contribution in [0.1, 0.15) is 0 Å². The number of rotatable bonds is 6. The average molecular weight is 809 g/mol. The maximum atomic E-state index is 13.1. The van der Waals surface area contributed by atoms with E-state index in [1.165, 1.54) is 0 Å². The van der Waals surface area contributed by atoms with Crippen molar-refractivity contribution in [2.24, 2.45) is 0 Å². The van der Waals surface area contributed by atoms with Gasteiger partial charge in [-0.3, -0.25) is 0 Å². The van der Waals surface area contributed by atoms with Crippen molar-refractivity contribution >= 4 is 204 Å². The zero-order chi connectivity index (χ0) is 26.1. The molecule has 0 aromatic rings. The van der Waals surface area contributed by atoms with Gasteiger partial charge in [0.1, 0.15) is 0 Å². The van der Waals surface area contributed by atoms with E-state index >= 15 is 0 Å². The summed E-state index contributed by atoms with van der Waals surface area (Å²) < 4.78 is 52.6. The molecule has 0 saturated carbocycles. The second-order valence-electron chi connectivity index (χ2n) is 4.97. The summed E-state index contributed by atoms with van der Waals surface area (Å²) >= 11 is 81.5. The van der Waals surface area contributed by atoms with Gasteiger partial charge in [0.25, 0.3) is 14.9 Å². The standard InChI is InChI=1S/C7HCl15O6S3/c8-2(9,10)5(17,18)29(23,24)1(30(25,26)6(19,20)3(11,12)13)31(27,28)7(21,22)4(14,15)16/h1H. The minimum absolute atomic E-state index is 3.33. The summed E-state index contributed by atoms with van der Waals surface area (Å²) in [5, 5.41) is 0. The molecule has 0 bridgehead atoms. The molecule has 0 aliphatic rings. The molecule has 0 aliphatic carbocycles. The maximum absolute atomic E-state index is 13.1. The Balaban J connectivity index is 7.83. The van der Waals surface area contributed by atoms with E-state index in [4.69, 9.17) is 174 Å². The van der Waals surface area contributed by atoms with Crippen molar-refractivity contribution in [3.05, 3.63) is 0 Å². The minimum Gasteiger partial charge on any atom is -0.223 e. The lowest BCUT2D eigenvalue weighted by atomic mass is 10.9. The van der Waals surface area contributed by atoms with E-state index in [0.717, 1.165) is 0 Å². The fourth-order valence-electron chi connectivity index (χ4n) is 1.35. The molecule has 0 aromatic heterocycles. The summed E-state index contributed by atoms with van der Waals surface area (Å²) in [6.07, 6.45) is 0. The number of hydrogen-bond acceptors (Lipinski definition) is 6. The van der Waals surface area contributed by atoms with E-state index in [0.29, 0.717) is 0 Å². The fraction of sp³-hybridized carbons (Fsp3) is 1.00. The van der Waals surface area contributed by atoms with E-state index in [9.17, 15) is 25.3 Å². The first kappa shape index (κ1) is 35.2. The molecule has 0 aromatic carbocycles. The van der Waals surface area contributed by atoms with Crippen molar-refractivity contribution in [2.45, 2.75) is 26.3 Å². The first-order chi connectivity index (χ1) is 12.9. The van der Waals surface area contributed by atoms with E-state index in [1.807, 2.05) is 0 Å². The second kappa shape index (κ2) is 10.1. The number of sulfone groups is 3. The molecule has 0 N–H and O–H groups in total. The Morgan fingerprint density at radius 1 is 0.355 bits per heavy atom. The Hall–Kier alpha value is 4.20. The van der Waals surface area contributed by atoms with Gasteiger partial charge < -0.3 is 0 Å². The molecule has 0 saturated heterocycles. The van der Waals surface area contributed by atoms with Crippen molar-refractivity contribution in [1.29, 1.82) is 0 Å². The van der Waals surface area contributed by atoms with Gasteiger partial charge in [-0.1, -0.05) is 174 Å². The highest BCUT2D eigenvalue weighted by Gasteiger charge is 2.75. The number of hydrogen-bond donors (Lipinski definition) is 0. The number of halogens is 15. The maximum Gasteiger partial charge on any atom is 0.272 e. The zero-order valence-electron chi connectivity index (χ0n) is 12.9. The van der Waals surface area contributed by atoms with Gasteiger partial charge in [0, 0.05) is 0 Å². The quantitative estimate of drug-likeness (QED) is 0.268. The summed E-state index contributed by atoms with van der Waals surface area (Å²) in [6.45, 7) is 0. The molecule has 0 amide bonds. The van der Waals surface area contributed by atoms with Crippen LogP contribution in [0.3, 0.4) is 0 Å². The van der Waals surface area contributed by atoms with Gasteiger partial charge in [-0.2, -0.15) is 0 Å². The van der Waals surface area contributed by atoms with Gasteiger partial charge in [-0.25, -0.2) is 25.3 Å². The third-order valence-electron chi connectivity index (χ3n) is 2.82. The second-order valence-corrected chi connectivity index (χ2v) is 24.6. The van der Waals surface area contributed by atoms with E-state index < -0.39 is 55.8 Å². The normalized spacial score (nSPS) is 16.6. The summed E-state index contributed by atoms with van der Waals surface area (Å²) in [7, 11) is -18.9. The smallest absolute Gasteiger partial charge is 0.223 e. The highest BCUT2D eigenvalue weighted by atomic mass is 35.6. The van der Waals surface area contributed by atoms with E-state index in [-0.39, 0.29) is 0 Å². The first-order valence-electron chi connectivity index (χ1n) is 5.90. The van der Waals surface area contributed by atoms with Crippen molar-refractivity contribution in [3.8, 4) is 0 Å². The number of alkyl halides is 15. The Morgan fingerprint density at radius 3 is 0.581 bits per heavy atom. The molecule has 0 atom stereocenters. The van der Waals surface area contributed by atoms with Crippen LogP contribution in [0, 0.1) is 0 Å². The largest absolute Gasteiger partial charge is 0.272 e. The van der Waals surface area contributed by atoms with Crippen molar-refractivity contribution in [3.63, 3.8) is 0 Å². The topological polar surface area (TPSA) is 102 Å². The first-order valence-corrected chi connectivity index (χ1v) is 16.2. The average Bonchev–Trinajstić information content (AvgIpc) is 2.41. The molecule has 0 fully saturated rings. The lowest BCUT2D eigenvalue weighted by Gasteiger charge is -2.37. The monoisotopic (exact) mass is 801 g/mol. The third-order valence-corrected chi connectivity index (χ3v) is 22.8. The molecule has 0 spiro atoms. The lowest BCUT2D eigenvalue weighted by molar-refractivity contribution is 0.563. The third kappa shape index (κ3) is 6.11. The molecule has 0 aliphatic heterocycles. The van der Waals surface area contributed by atoms with E-state index in [2.05, 4.69) is 0 Å². The lowest BCUT2D eigenvalue weighted by Crippen LogP contribution is -2.60. The van der Waals surface area contributed by atoms with Crippen LogP contribution in [0.15, 0.2) is 0 Å². The molecular formula is C7HCl15O6S3. The SMILES string of the molecule is O=S(=O)(C(S(=O)(=O)C(Cl)(Cl)C(Cl)(Cl)Cl)S(=O)(=O)C(Cl)(Cl)C(Cl)(Cl)Cl)C(Cl)(Cl)C(Cl)(Cl)Cl. The molecule has 188 valence electrons. The highest BCUT2D eigenvalue weighted by molar-refractivity contribution is 8.27. The van der Waals surface area contributed by atoms with Crippen molar-refractivity contribution < 1.29 is 25.3 Å². The zero-order valence-corrected chi connectivity index (χ0v) is 26.7. The Morgan fingerprint density at radius 2 is 0.484 bits per heavy atom. The van der Waals surface area contributed by atoms with Crippen LogP contribution in [0.25, 0.3) is 0 Å². The summed E-state index contributed by atoms with van der Waals surface area (Å²) in [4.78, 5) is 0. The van der Waals surface area contributed by atoms with Crippen LogP contribution in [0.5, 0.6) is 0 Å². The molecule has 0 radical (unpaired) electrons. The van der Waals surface area contributed by atoms with Crippen LogP contribution >= 0.6 is 174 Å². The predicted molar refractivity (Wildman–Crippen MR) is 135 cm³/mol. The molecule has 0 unspecified atom stereocenters. The van der Waals surface area contributed by atoms with Gasteiger partial charge in [-0.15, -0.1) is 0 Å². The van der Waals surface area contributed by atoms with Gasteiger partial charge in [0.2, 0.25) is 40.9 Å². The van der Waals surface area contributed by atoms with Gasteiger partial charge >= 0.3 is 0 Å². The Labute approximate surface area is 251 Å². The Bertz CT molecular complexity index is 877. The van der Waals surface area contributed by atoms with Gasteiger partial charge in [0.05, 0.1) is 0 Å². The van der Waals surface area contributed by atoms with Crippen molar-refractivity contribution in [2.75, 3.05) is 0 Å². The highest BCUT2D eigenvalue weighted by Crippen LogP contribution is 2.59. The molecular weight excluding hydrogens is 808 g/mol. The summed E-state index contributed by atoms with van der Waals surface area (Å²) in [5.41, 5.74) is 0. The molecule has 31 heavy (non-hydrogen) atoms. The minimum atomic E-state index is -6.29. The molecule has 0 heterocycles. The Kier molecular flexibility index (Phi) is 11.4. The molecule has 6 nitrogen and oxygen atoms in total. The van der Waals surface area contributed by atoms with Crippen LogP contribution in [-0.4, -0.2) is 51.5 Å². The van der Waals surface area contributed by atoms with E-state index in [1.54, 1.807) is 0 Å². The van der Waals surface area contributed by atoms with Crippen molar-refractivity contribution in [1.82, 2.24) is 0 Å². The summed E-state index contributed by atoms with van der Waals surface area (Å²) in [5.74, 6) is 0. The van der Waals surface area contributed by atoms with Crippen LogP contribution in [-0.2, 0) is 29.5 Å². The molecule has 24 heteroatoms. The van der Waals surface area contributed by atoms with Crippen LogP contribution in [0.2, 0.25) is 0 Å². The van der Waals surface area contributed by atoms with Crippen LogP contribution in [0.4, 0.5) is 0 Å².